The van der Waals surface area contributed by atoms with Crippen LogP contribution in [0.4, 0.5) is 0 Å². The normalized spacial score (nSPS) is 22.7. The van der Waals surface area contributed by atoms with Crippen LogP contribution in [-0.4, -0.2) is 5.78 Å². The van der Waals surface area contributed by atoms with Crippen molar-refractivity contribution in [2.24, 2.45) is 11.8 Å². The lowest BCUT2D eigenvalue weighted by Gasteiger charge is -2.17. The molecule has 1 fully saturated rings. The average Bonchev–Trinajstić information content (AvgIpc) is 3.01. The lowest BCUT2D eigenvalue weighted by molar-refractivity contribution is 0.0961. The minimum absolute atomic E-state index is 0.286. The topological polar surface area (TPSA) is 17.1 Å². The van der Waals surface area contributed by atoms with Gasteiger partial charge in [-0.2, -0.15) is 0 Å². The van der Waals surface area contributed by atoms with Crippen molar-refractivity contribution in [3.63, 3.8) is 0 Å². The molecule has 2 atom stereocenters. The Morgan fingerprint density at radius 2 is 1.24 bits per heavy atom. The molecule has 0 amide bonds. The molecule has 0 spiro atoms. The summed E-state index contributed by atoms with van der Waals surface area (Å²) in [6.07, 6.45) is 1.07. The van der Waals surface area contributed by atoms with Crippen molar-refractivity contribution in [2.45, 2.75) is 48.0 Å². The van der Waals surface area contributed by atoms with E-state index in [1.54, 1.807) is 0 Å². The second-order valence-corrected chi connectivity index (χ2v) is 5.68. The molecular weight excluding hydrogens is 208 g/mol. The molecule has 0 aliphatic heterocycles. The predicted molar refractivity (Wildman–Crippen MR) is 71.7 cm³/mol. The molecule has 1 heteroatoms. The Bertz CT molecular complexity index is 468. The quantitative estimate of drug-likeness (QED) is 0.700. The van der Waals surface area contributed by atoms with Crippen molar-refractivity contribution in [3.05, 3.63) is 33.4 Å². The number of Topliss-reactive ketones (excluding diaryl/α,β-unsaturated/α-hetero) is 1. The number of hydrogen-bond donors (Lipinski definition) is 0. The molecule has 0 radical (unpaired) electrons. The van der Waals surface area contributed by atoms with Crippen LogP contribution in [0.1, 0.15) is 51.5 Å². The van der Waals surface area contributed by atoms with E-state index < -0.39 is 0 Å². The lowest BCUT2D eigenvalue weighted by atomic mass is 9.86. The smallest absolute Gasteiger partial charge is 0.166 e. The molecule has 0 aromatic heterocycles. The second kappa shape index (κ2) is 3.97. The van der Waals surface area contributed by atoms with Gasteiger partial charge in [-0.1, -0.05) is 6.92 Å². The van der Waals surface area contributed by atoms with Crippen LogP contribution in [0.15, 0.2) is 0 Å². The van der Waals surface area contributed by atoms with E-state index in [0.717, 1.165) is 12.0 Å². The van der Waals surface area contributed by atoms with Gasteiger partial charge in [0, 0.05) is 11.5 Å². The van der Waals surface area contributed by atoms with E-state index in [0.29, 0.717) is 11.7 Å². The summed E-state index contributed by atoms with van der Waals surface area (Å²) in [7, 11) is 0. The van der Waals surface area contributed by atoms with Crippen molar-refractivity contribution in [1.82, 2.24) is 0 Å². The van der Waals surface area contributed by atoms with Crippen LogP contribution in [0.3, 0.4) is 0 Å². The van der Waals surface area contributed by atoms with Gasteiger partial charge in [0.25, 0.3) is 0 Å². The van der Waals surface area contributed by atoms with Crippen molar-refractivity contribution in [2.75, 3.05) is 0 Å². The van der Waals surface area contributed by atoms with Crippen LogP contribution >= 0.6 is 0 Å². The van der Waals surface area contributed by atoms with E-state index in [-0.39, 0.29) is 5.92 Å². The van der Waals surface area contributed by atoms with Gasteiger partial charge in [-0.25, -0.2) is 0 Å². The molecule has 17 heavy (non-hydrogen) atoms. The summed E-state index contributed by atoms with van der Waals surface area (Å²) in [5.41, 5.74) is 7.28. The highest BCUT2D eigenvalue weighted by atomic mass is 16.1. The fraction of sp³-hybridized carbons (Fsp3) is 0.562. The summed E-state index contributed by atoms with van der Waals surface area (Å²) in [4.78, 5) is 12.5. The summed E-state index contributed by atoms with van der Waals surface area (Å²) >= 11 is 0. The molecule has 1 aromatic carbocycles. The molecule has 0 saturated heterocycles. The highest BCUT2D eigenvalue weighted by Gasteiger charge is 2.40. The van der Waals surface area contributed by atoms with Gasteiger partial charge in [-0.05, 0) is 74.8 Å². The van der Waals surface area contributed by atoms with Gasteiger partial charge in [0.1, 0.15) is 0 Å². The van der Waals surface area contributed by atoms with Crippen molar-refractivity contribution < 1.29 is 4.79 Å². The SMILES string of the molecule is Cc1c(C)c(C)c(C(=O)C2CC2C)c(C)c1C. The number of carbonyl (C=O) groups is 1. The molecule has 2 unspecified atom stereocenters. The Kier molecular flexibility index (Phi) is 2.89. The van der Waals surface area contributed by atoms with E-state index in [2.05, 4.69) is 41.5 Å². The first-order chi connectivity index (χ1) is 7.86. The van der Waals surface area contributed by atoms with Crippen molar-refractivity contribution in [1.29, 1.82) is 0 Å². The standard InChI is InChI=1S/C16H22O/c1-8-7-14(8)16(17)15-12(5)10(3)9(2)11(4)13(15)6/h8,14H,7H2,1-6H3. The fourth-order valence-corrected chi connectivity index (χ4v) is 2.74. The van der Waals surface area contributed by atoms with Crippen LogP contribution in [-0.2, 0) is 0 Å². The van der Waals surface area contributed by atoms with Gasteiger partial charge in [0.05, 0.1) is 0 Å². The minimum Gasteiger partial charge on any atom is -0.294 e. The van der Waals surface area contributed by atoms with E-state index >= 15 is 0 Å². The van der Waals surface area contributed by atoms with Gasteiger partial charge in [-0.3, -0.25) is 4.79 Å². The molecular formula is C16H22O. The summed E-state index contributed by atoms with van der Waals surface area (Å²) in [5.74, 6) is 1.25. The Morgan fingerprint density at radius 1 is 0.882 bits per heavy atom. The average molecular weight is 230 g/mol. The van der Waals surface area contributed by atoms with E-state index in [9.17, 15) is 4.79 Å². The first-order valence-corrected chi connectivity index (χ1v) is 6.47. The second-order valence-electron chi connectivity index (χ2n) is 5.68. The van der Waals surface area contributed by atoms with E-state index in [4.69, 9.17) is 0 Å². The monoisotopic (exact) mass is 230 g/mol. The third-order valence-electron chi connectivity index (χ3n) is 4.69. The molecule has 0 N–H and O–H groups in total. The van der Waals surface area contributed by atoms with Gasteiger partial charge in [0.2, 0.25) is 0 Å². The van der Waals surface area contributed by atoms with Crippen LogP contribution < -0.4 is 0 Å². The Morgan fingerprint density at radius 3 is 1.59 bits per heavy atom. The van der Waals surface area contributed by atoms with Gasteiger partial charge >= 0.3 is 0 Å². The molecule has 92 valence electrons. The molecule has 0 bridgehead atoms. The van der Waals surface area contributed by atoms with Crippen LogP contribution in [0, 0.1) is 46.5 Å². The number of carbonyl (C=O) groups excluding carboxylic acids is 1. The zero-order chi connectivity index (χ0) is 12.9. The van der Waals surface area contributed by atoms with Crippen LogP contribution in [0.5, 0.6) is 0 Å². The van der Waals surface area contributed by atoms with E-state index in [1.165, 1.54) is 27.8 Å². The zero-order valence-corrected chi connectivity index (χ0v) is 11.8. The van der Waals surface area contributed by atoms with Crippen molar-refractivity contribution in [3.8, 4) is 0 Å². The third-order valence-corrected chi connectivity index (χ3v) is 4.69. The predicted octanol–water partition coefficient (Wildman–Crippen LogP) is 4.07. The third kappa shape index (κ3) is 1.82. The first-order valence-electron chi connectivity index (χ1n) is 6.47. The Labute approximate surface area is 104 Å². The summed E-state index contributed by atoms with van der Waals surface area (Å²) in [5, 5.41) is 0. The Hall–Kier alpha value is -1.11. The molecule has 1 aliphatic carbocycles. The molecule has 0 heterocycles. The number of ketones is 1. The van der Waals surface area contributed by atoms with Gasteiger partial charge in [0.15, 0.2) is 5.78 Å². The van der Waals surface area contributed by atoms with Crippen LogP contribution in [0.2, 0.25) is 0 Å². The van der Waals surface area contributed by atoms with Gasteiger partial charge < -0.3 is 0 Å². The number of rotatable bonds is 2. The summed E-state index contributed by atoms with van der Waals surface area (Å²) in [6.45, 7) is 12.8. The number of benzene rings is 1. The first kappa shape index (κ1) is 12.3. The highest BCUT2D eigenvalue weighted by Crippen LogP contribution is 2.42. The zero-order valence-electron chi connectivity index (χ0n) is 11.8. The molecule has 1 saturated carbocycles. The summed E-state index contributed by atoms with van der Waals surface area (Å²) in [6, 6.07) is 0. The fourth-order valence-electron chi connectivity index (χ4n) is 2.74. The maximum Gasteiger partial charge on any atom is 0.166 e. The van der Waals surface area contributed by atoms with Crippen molar-refractivity contribution >= 4 is 5.78 Å². The largest absolute Gasteiger partial charge is 0.294 e. The number of hydrogen-bond acceptors (Lipinski definition) is 1. The van der Waals surface area contributed by atoms with E-state index in [1.807, 2.05) is 0 Å². The molecule has 1 nitrogen and oxygen atoms in total. The summed E-state index contributed by atoms with van der Waals surface area (Å²) < 4.78 is 0. The lowest BCUT2D eigenvalue weighted by Crippen LogP contribution is -2.11. The molecule has 1 aromatic rings. The maximum absolute atomic E-state index is 12.5. The maximum atomic E-state index is 12.5. The molecule has 1 aliphatic rings. The Balaban J connectivity index is 2.58. The van der Waals surface area contributed by atoms with Gasteiger partial charge in [-0.15, -0.1) is 0 Å². The van der Waals surface area contributed by atoms with Crippen LogP contribution in [0.25, 0.3) is 0 Å². The molecule has 2 rings (SSSR count). The highest BCUT2D eigenvalue weighted by molar-refractivity contribution is 6.02. The minimum atomic E-state index is 0.286.